The first kappa shape index (κ1) is 21.5. The molecule has 0 radical (unpaired) electrons. The first-order valence-corrected chi connectivity index (χ1v) is 10.5. The third kappa shape index (κ3) is 5.12. The van der Waals surface area contributed by atoms with Crippen LogP contribution in [0.5, 0.6) is 0 Å². The molecule has 0 atom stereocenters. The SMILES string of the molecule is O=C(NC1CCC(CNc2nc3ccccc3[nH]2)CC1)c1cc(C(F)(F)F)ccc1Cl. The van der Waals surface area contributed by atoms with Crippen LogP contribution in [0.25, 0.3) is 11.0 Å². The number of para-hydroxylation sites is 2. The summed E-state index contributed by atoms with van der Waals surface area (Å²) in [6, 6.07) is 10.5. The molecule has 1 aliphatic rings. The molecule has 3 N–H and O–H groups in total. The number of carbonyl (C=O) groups is 1. The predicted molar refractivity (Wildman–Crippen MR) is 114 cm³/mol. The molecule has 4 rings (SSSR count). The number of aromatic amines is 1. The van der Waals surface area contributed by atoms with Crippen LogP contribution in [0, 0.1) is 5.92 Å². The van der Waals surface area contributed by atoms with E-state index in [2.05, 4.69) is 20.6 Å². The maximum Gasteiger partial charge on any atom is 0.416 e. The molecule has 31 heavy (non-hydrogen) atoms. The number of imidazole rings is 1. The van der Waals surface area contributed by atoms with Gasteiger partial charge in [0.2, 0.25) is 5.95 Å². The zero-order valence-corrected chi connectivity index (χ0v) is 17.4. The summed E-state index contributed by atoms with van der Waals surface area (Å²) in [5.41, 5.74) is 0.849. The van der Waals surface area contributed by atoms with Crippen LogP contribution in [0.4, 0.5) is 19.1 Å². The van der Waals surface area contributed by atoms with Gasteiger partial charge in [-0.2, -0.15) is 13.2 Å². The van der Waals surface area contributed by atoms with Gasteiger partial charge in [-0.3, -0.25) is 4.79 Å². The lowest BCUT2D eigenvalue weighted by atomic mass is 9.86. The third-order valence-electron chi connectivity index (χ3n) is 5.67. The second-order valence-electron chi connectivity index (χ2n) is 7.87. The van der Waals surface area contributed by atoms with Gasteiger partial charge in [0.1, 0.15) is 0 Å². The van der Waals surface area contributed by atoms with Crippen molar-refractivity contribution in [2.75, 3.05) is 11.9 Å². The Kier molecular flexibility index (Phi) is 6.09. The Balaban J connectivity index is 1.28. The summed E-state index contributed by atoms with van der Waals surface area (Å²) in [5, 5.41) is 6.18. The van der Waals surface area contributed by atoms with Crippen LogP contribution >= 0.6 is 11.6 Å². The standard InChI is InChI=1S/C22H22ClF3N4O/c23-17-10-7-14(22(24,25)26)11-16(17)20(31)28-15-8-5-13(6-9-15)12-27-21-29-18-3-1-2-4-19(18)30-21/h1-4,7,10-11,13,15H,5-6,8-9,12H2,(H,28,31)(H2,27,29,30). The van der Waals surface area contributed by atoms with Crippen molar-refractivity contribution in [3.05, 3.63) is 58.6 Å². The maximum atomic E-state index is 12.9. The number of alkyl halides is 3. The number of hydrogen-bond acceptors (Lipinski definition) is 3. The van der Waals surface area contributed by atoms with Crippen molar-refractivity contribution < 1.29 is 18.0 Å². The lowest BCUT2D eigenvalue weighted by Crippen LogP contribution is -2.38. The van der Waals surface area contributed by atoms with Crippen LogP contribution in [-0.4, -0.2) is 28.5 Å². The number of aromatic nitrogens is 2. The van der Waals surface area contributed by atoms with E-state index in [-0.39, 0.29) is 16.6 Å². The smallest absolute Gasteiger partial charge is 0.356 e. The molecule has 1 saturated carbocycles. The highest BCUT2D eigenvalue weighted by atomic mass is 35.5. The second-order valence-corrected chi connectivity index (χ2v) is 8.27. The lowest BCUT2D eigenvalue weighted by Gasteiger charge is -2.29. The molecule has 1 aliphatic carbocycles. The van der Waals surface area contributed by atoms with Gasteiger partial charge in [-0.05, 0) is 61.9 Å². The minimum absolute atomic E-state index is 0.00854. The van der Waals surface area contributed by atoms with Gasteiger partial charge < -0.3 is 15.6 Å². The number of nitrogens with one attached hydrogen (secondary N) is 3. The number of carbonyl (C=O) groups excluding carboxylic acids is 1. The Hall–Kier alpha value is -2.74. The van der Waals surface area contributed by atoms with Gasteiger partial charge in [-0.1, -0.05) is 23.7 Å². The zero-order chi connectivity index (χ0) is 22.0. The van der Waals surface area contributed by atoms with Gasteiger partial charge in [0.25, 0.3) is 5.91 Å². The molecule has 0 aliphatic heterocycles. The first-order valence-electron chi connectivity index (χ1n) is 10.2. The minimum atomic E-state index is -4.52. The number of anilines is 1. The van der Waals surface area contributed by atoms with Gasteiger partial charge in [-0.25, -0.2) is 4.98 Å². The Morgan fingerprint density at radius 1 is 1.13 bits per heavy atom. The summed E-state index contributed by atoms with van der Waals surface area (Å²) in [5.74, 6) is 0.592. The molecule has 0 bridgehead atoms. The van der Waals surface area contributed by atoms with E-state index < -0.39 is 17.6 Å². The quantitative estimate of drug-likeness (QED) is 0.471. The first-order chi connectivity index (χ1) is 14.8. The maximum absolute atomic E-state index is 12.9. The van der Waals surface area contributed by atoms with E-state index in [1.54, 1.807) is 0 Å². The minimum Gasteiger partial charge on any atom is -0.356 e. The second kappa shape index (κ2) is 8.78. The topological polar surface area (TPSA) is 69.8 Å². The molecule has 2 aromatic carbocycles. The van der Waals surface area contributed by atoms with Crippen molar-refractivity contribution >= 4 is 34.5 Å². The molecule has 1 fully saturated rings. The van der Waals surface area contributed by atoms with Gasteiger partial charge in [0.15, 0.2) is 0 Å². The summed E-state index contributed by atoms with van der Waals surface area (Å²) in [7, 11) is 0. The van der Waals surface area contributed by atoms with E-state index in [9.17, 15) is 18.0 Å². The molecule has 0 spiro atoms. The molecule has 5 nitrogen and oxygen atoms in total. The molecule has 0 unspecified atom stereocenters. The van der Waals surface area contributed by atoms with E-state index in [0.29, 0.717) is 5.92 Å². The van der Waals surface area contributed by atoms with Crippen LogP contribution in [0.15, 0.2) is 42.5 Å². The number of halogens is 4. The molecular weight excluding hydrogens is 429 g/mol. The van der Waals surface area contributed by atoms with Crippen molar-refractivity contribution in [3.63, 3.8) is 0 Å². The van der Waals surface area contributed by atoms with Crippen molar-refractivity contribution in [2.45, 2.75) is 37.9 Å². The van der Waals surface area contributed by atoms with Crippen LogP contribution in [0.1, 0.15) is 41.6 Å². The molecule has 1 amide bonds. The molecule has 1 aromatic heterocycles. The summed E-state index contributed by atoms with van der Waals surface area (Å²) in [4.78, 5) is 20.2. The highest BCUT2D eigenvalue weighted by Crippen LogP contribution is 2.32. The normalized spacial score (nSPS) is 19.4. The predicted octanol–water partition coefficient (Wildman–Crippen LogP) is 5.64. The van der Waals surface area contributed by atoms with Gasteiger partial charge in [0, 0.05) is 12.6 Å². The van der Waals surface area contributed by atoms with Crippen LogP contribution in [0.2, 0.25) is 5.02 Å². The number of nitrogens with zero attached hydrogens (tertiary/aromatic N) is 1. The zero-order valence-electron chi connectivity index (χ0n) is 16.6. The number of benzene rings is 2. The monoisotopic (exact) mass is 450 g/mol. The van der Waals surface area contributed by atoms with Crippen molar-refractivity contribution in [3.8, 4) is 0 Å². The fourth-order valence-electron chi connectivity index (χ4n) is 3.93. The van der Waals surface area contributed by atoms with Crippen LogP contribution in [0.3, 0.4) is 0 Å². The number of amides is 1. The molecule has 9 heteroatoms. The Morgan fingerprint density at radius 2 is 1.87 bits per heavy atom. The Labute approximate surface area is 182 Å². The van der Waals surface area contributed by atoms with Crippen molar-refractivity contribution in [1.82, 2.24) is 15.3 Å². The molecule has 164 valence electrons. The van der Waals surface area contributed by atoms with Crippen LogP contribution < -0.4 is 10.6 Å². The molecule has 3 aromatic rings. The van der Waals surface area contributed by atoms with E-state index >= 15 is 0 Å². The summed E-state index contributed by atoms with van der Waals surface area (Å²) in [6.07, 6.45) is -1.21. The lowest BCUT2D eigenvalue weighted by molar-refractivity contribution is -0.137. The Bertz CT molecular complexity index is 1040. The van der Waals surface area contributed by atoms with Crippen molar-refractivity contribution in [2.24, 2.45) is 5.92 Å². The molecular formula is C22H22ClF3N4O. The van der Waals surface area contributed by atoms with Crippen molar-refractivity contribution in [1.29, 1.82) is 0 Å². The summed E-state index contributed by atoms with van der Waals surface area (Å²) in [6.45, 7) is 0.764. The summed E-state index contributed by atoms with van der Waals surface area (Å²) >= 11 is 5.97. The fourth-order valence-corrected chi connectivity index (χ4v) is 4.13. The van der Waals surface area contributed by atoms with Gasteiger partial charge in [-0.15, -0.1) is 0 Å². The summed E-state index contributed by atoms with van der Waals surface area (Å²) < 4.78 is 38.8. The fraction of sp³-hybridized carbons (Fsp3) is 0.364. The highest BCUT2D eigenvalue weighted by molar-refractivity contribution is 6.33. The molecule has 1 heterocycles. The van der Waals surface area contributed by atoms with E-state index in [4.69, 9.17) is 11.6 Å². The van der Waals surface area contributed by atoms with Gasteiger partial charge >= 0.3 is 6.18 Å². The molecule has 0 saturated heterocycles. The number of fused-ring (bicyclic) bond motifs is 1. The third-order valence-corrected chi connectivity index (χ3v) is 6.00. The average molecular weight is 451 g/mol. The largest absolute Gasteiger partial charge is 0.416 e. The highest BCUT2D eigenvalue weighted by Gasteiger charge is 2.32. The number of H-pyrrole nitrogens is 1. The number of hydrogen-bond donors (Lipinski definition) is 3. The van der Waals surface area contributed by atoms with E-state index in [1.165, 1.54) is 0 Å². The Morgan fingerprint density at radius 3 is 2.58 bits per heavy atom. The van der Waals surface area contributed by atoms with E-state index in [1.807, 2.05) is 24.3 Å². The van der Waals surface area contributed by atoms with E-state index in [0.717, 1.165) is 67.4 Å². The number of rotatable bonds is 5. The van der Waals surface area contributed by atoms with Crippen LogP contribution in [-0.2, 0) is 6.18 Å². The average Bonchev–Trinajstić information content (AvgIpc) is 3.15. The van der Waals surface area contributed by atoms with Gasteiger partial charge in [0.05, 0.1) is 27.2 Å².